The molecule has 0 unspecified atom stereocenters. The van der Waals surface area contributed by atoms with Crippen molar-refractivity contribution in [1.29, 1.82) is 0 Å². The molecule has 32 heavy (non-hydrogen) atoms. The molecule has 1 aliphatic heterocycles. The third-order valence-corrected chi connectivity index (χ3v) is 6.23. The average Bonchev–Trinajstić information content (AvgIpc) is 3.16. The molecular formula is C28H26N2O2. The van der Waals surface area contributed by atoms with Gasteiger partial charge >= 0.3 is 6.09 Å². The first kappa shape index (κ1) is 20.4. The van der Waals surface area contributed by atoms with E-state index < -0.39 is 6.09 Å². The normalized spacial score (nSPS) is 13.9. The predicted molar refractivity (Wildman–Crippen MR) is 126 cm³/mol. The topological polar surface area (TPSA) is 50.4 Å². The maximum atomic E-state index is 12.3. The van der Waals surface area contributed by atoms with Crippen LogP contribution in [-0.2, 0) is 17.7 Å². The molecule has 0 saturated carbocycles. The van der Waals surface area contributed by atoms with Crippen LogP contribution in [0.2, 0.25) is 0 Å². The maximum Gasteiger partial charge on any atom is 0.407 e. The number of carbonyl (C=O) groups is 1. The number of alkyl carbamates (subject to hydrolysis) is 1. The van der Waals surface area contributed by atoms with Gasteiger partial charge in [0, 0.05) is 31.0 Å². The summed E-state index contributed by atoms with van der Waals surface area (Å²) in [6, 6.07) is 23.0. The maximum absolute atomic E-state index is 12.3. The number of hydrogen-bond acceptors (Lipinski definition) is 3. The molecule has 1 aliphatic carbocycles. The second kappa shape index (κ2) is 9.30. The van der Waals surface area contributed by atoms with Crippen LogP contribution in [0.4, 0.5) is 4.79 Å². The van der Waals surface area contributed by atoms with E-state index in [1.165, 1.54) is 33.4 Å². The molecule has 0 bridgehead atoms. The molecule has 5 rings (SSSR count). The number of amides is 1. The Labute approximate surface area is 189 Å². The minimum Gasteiger partial charge on any atom is -0.449 e. The number of carbonyl (C=O) groups excluding carboxylic acids is 1. The van der Waals surface area contributed by atoms with Crippen LogP contribution >= 0.6 is 0 Å². The second-order valence-corrected chi connectivity index (χ2v) is 8.17. The Kier molecular flexibility index (Phi) is 5.91. The molecule has 1 amide bonds. The highest BCUT2D eigenvalue weighted by Crippen LogP contribution is 2.44. The highest BCUT2D eigenvalue weighted by atomic mass is 16.5. The van der Waals surface area contributed by atoms with Crippen LogP contribution in [0.5, 0.6) is 0 Å². The molecule has 4 nitrogen and oxygen atoms in total. The van der Waals surface area contributed by atoms with E-state index in [4.69, 9.17) is 4.74 Å². The molecule has 0 radical (unpaired) electrons. The Morgan fingerprint density at radius 2 is 1.75 bits per heavy atom. The van der Waals surface area contributed by atoms with Crippen LogP contribution in [0.1, 0.15) is 40.2 Å². The quantitative estimate of drug-likeness (QED) is 0.477. The standard InChI is InChI=1S/C28H26N2O2/c31-28(30-16-6-5-8-20-9-7-10-21-18-29-17-15-22(20)21)32-19-27-25-13-3-1-11-23(25)24-12-2-4-14-26(24)27/h1-4,7,9-14,27,29H,6,15-19H2,(H,30,31). The van der Waals surface area contributed by atoms with Gasteiger partial charge in [-0.1, -0.05) is 72.5 Å². The summed E-state index contributed by atoms with van der Waals surface area (Å²) < 4.78 is 5.57. The lowest BCUT2D eigenvalue weighted by Crippen LogP contribution is -2.26. The number of hydrogen-bond donors (Lipinski definition) is 2. The fourth-order valence-corrected chi connectivity index (χ4v) is 4.68. The van der Waals surface area contributed by atoms with Gasteiger partial charge in [-0.25, -0.2) is 4.79 Å². The molecule has 1 heterocycles. The fraction of sp³-hybridized carbons (Fsp3) is 0.250. The van der Waals surface area contributed by atoms with E-state index >= 15 is 0 Å². The lowest BCUT2D eigenvalue weighted by atomic mass is 9.96. The van der Waals surface area contributed by atoms with Gasteiger partial charge in [0.25, 0.3) is 0 Å². The van der Waals surface area contributed by atoms with Crippen molar-refractivity contribution in [3.8, 4) is 23.0 Å². The summed E-state index contributed by atoms with van der Waals surface area (Å²) >= 11 is 0. The number of ether oxygens (including phenoxy) is 1. The molecule has 4 heteroatoms. The molecule has 0 saturated heterocycles. The van der Waals surface area contributed by atoms with Crippen molar-refractivity contribution in [2.24, 2.45) is 0 Å². The molecule has 2 aliphatic rings. The zero-order valence-corrected chi connectivity index (χ0v) is 18.0. The number of fused-ring (bicyclic) bond motifs is 4. The molecule has 0 aromatic heterocycles. The van der Waals surface area contributed by atoms with E-state index in [9.17, 15) is 4.79 Å². The first-order chi connectivity index (χ1) is 15.8. The van der Waals surface area contributed by atoms with E-state index in [1.54, 1.807) is 0 Å². The van der Waals surface area contributed by atoms with Crippen molar-refractivity contribution >= 4 is 6.09 Å². The molecule has 3 aromatic carbocycles. The number of benzene rings is 3. The van der Waals surface area contributed by atoms with Crippen LogP contribution < -0.4 is 10.6 Å². The van der Waals surface area contributed by atoms with E-state index in [0.29, 0.717) is 19.6 Å². The Bertz CT molecular complexity index is 1160. The molecule has 0 atom stereocenters. The third kappa shape index (κ3) is 4.12. The lowest BCUT2D eigenvalue weighted by Gasteiger charge is -2.18. The van der Waals surface area contributed by atoms with Crippen molar-refractivity contribution in [2.45, 2.75) is 25.3 Å². The Balaban J connectivity index is 1.14. The van der Waals surface area contributed by atoms with Gasteiger partial charge in [-0.15, -0.1) is 0 Å². The van der Waals surface area contributed by atoms with Gasteiger partial charge in [0.1, 0.15) is 6.61 Å². The fourth-order valence-electron chi connectivity index (χ4n) is 4.68. The van der Waals surface area contributed by atoms with Gasteiger partial charge in [-0.05, 0) is 52.4 Å². The smallest absolute Gasteiger partial charge is 0.407 e. The van der Waals surface area contributed by atoms with E-state index in [2.05, 4.69) is 77.1 Å². The molecule has 3 aromatic rings. The van der Waals surface area contributed by atoms with Gasteiger partial charge < -0.3 is 15.4 Å². The monoisotopic (exact) mass is 422 g/mol. The predicted octanol–water partition coefficient (Wildman–Crippen LogP) is 4.61. The Hall–Kier alpha value is -3.55. The summed E-state index contributed by atoms with van der Waals surface area (Å²) in [6.07, 6.45) is 1.21. The first-order valence-corrected chi connectivity index (χ1v) is 11.2. The first-order valence-electron chi connectivity index (χ1n) is 11.2. The van der Waals surface area contributed by atoms with Gasteiger partial charge in [0.05, 0.1) is 0 Å². The SMILES string of the molecule is O=C(NCCC#Cc1cccc2c1CCNC2)OCC1c2ccccc2-c2ccccc21. The van der Waals surface area contributed by atoms with Gasteiger partial charge in [-0.2, -0.15) is 0 Å². The summed E-state index contributed by atoms with van der Waals surface area (Å²) in [5.74, 6) is 6.54. The van der Waals surface area contributed by atoms with Crippen molar-refractivity contribution in [3.63, 3.8) is 0 Å². The van der Waals surface area contributed by atoms with Gasteiger partial charge in [-0.3, -0.25) is 0 Å². The van der Waals surface area contributed by atoms with Crippen molar-refractivity contribution < 1.29 is 9.53 Å². The Morgan fingerprint density at radius 1 is 1.00 bits per heavy atom. The van der Waals surface area contributed by atoms with Crippen LogP contribution in [0, 0.1) is 11.8 Å². The molecule has 160 valence electrons. The van der Waals surface area contributed by atoms with Crippen LogP contribution in [0.15, 0.2) is 66.7 Å². The van der Waals surface area contributed by atoms with Gasteiger partial charge in [0.2, 0.25) is 0 Å². The van der Waals surface area contributed by atoms with Crippen LogP contribution in [-0.4, -0.2) is 25.8 Å². The van der Waals surface area contributed by atoms with E-state index in [0.717, 1.165) is 25.1 Å². The zero-order valence-electron chi connectivity index (χ0n) is 18.0. The molecule has 2 N–H and O–H groups in total. The average molecular weight is 423 g/mol. The highest BCUT2D eigenvalue weighted by molar-refractivity contribution is 5.79. The Morgan fingerprint density at radius 3 is 2.53 bits per heavy atom. The van der Waals surface area contributed by atoms with E-state index in [-0.39, 0.29) is 5.92 Å². The zero-order chi connectivity index (χ0) is 21.8. The minimum atomic E-state index is -0.392. The number of rotatable bonds is 4. The molecular weight excluding hydrogens is 396 g/mol. The van der Waals surface area contributed by atoms with E-state index in [1.807, 2.05) is 12.1 Å². The lowest BCUT2D eigenvalue weighted by molar-refractivity contribution is 0.143. The summed E-state index contributed by atoms with van der Waals surface area (Å²) in [5.41, 5.74) is 8.67. The summed E-state index contributed by atoms with van der Waals surface area (Å²) in [7, 11) is 0. The second-order valence-electron chi connectivity index (χ2n) is 8.17. The van der Waals surface area contributed by atoms with Crippen molar-refractivity contribution in [2.75, 3.05) is 19.7 Å². The van der Waals surface area contributed by atoms with Gasteiger partial charge in [0.15, 0.2) is 0 Å². The largest absolute Gasteiger partial charge is 0.449 e. The third-order valence-electron chi connectivity index (χ3n) is 6.23. The van der Waals surface area contributed by atoms with Crippen LogP contribution in [0.3, 0.4) is 0 Å². The van der Waals surface area contributed by atoms with Crippen molar-refractivity contribution in [1.82, 2.24) is 10.6 Å². The highest BCUT2D eigenvalue weighted by Gasteiger charge is 2.28. The summed E-state index contributed by atoms with van der Waals surface area (Å²) in [4.78, 5) is 12.3. The summed E-state index contributed by atoms with van der Waals surface area (Å²) in [5, 5.41) is 6.22. The minimum absolute atomic E-state index is 0.0756. The molecule has 0 fully saturated rings. The van der Waals surface area contributed by atoms with Crippen LogP contribution in [0.25, 0.3) is 11.1 Å². The molecule has 0 spiro atoms. The van der Waals surface area contributed by atoms with Crippen molar-refractivity contribution in [3.05, 3.63) is 94.5 Å². The summed E-state index contributed by atoms with van der Waals surface area (Å²) in [6.45, 7) is 2.71. The number of nitrogens with one attached hydrogen (secondary N) is 2.